The molecule has 0 unspecified atom stereocenters. The van der Waals surface area contributed by atoms with Gasteiger partial charge in [-0.1, -0.05) is 11.8 Å². The van der Waals surface area contributed by atoms with Gasteiger partial charge in [0.2, 0.25) is 5.91 Å². The third-order valence-electron chi connectivity index (χ3n) is 3.86. The van der Waals surface area contributed by atoms with Crippen LogP contribution in [-0.4, -0.2) is 46.7 Å². The number of carbonyl (C=O) groups is 1. The number of hydrogen-bond donors (Lipinski definition) is 1. The van der Waals surface area contributed by atoms with Crippen LogP contribution < -0.4 is 14.8 Å². The van der Waals surface area contributed by atoms with E-state index in [9.17, 15) is 4.79 Å². The van der Waals surface area contributed by atoms with E-state index in [1.165, 1.54) is 11.8 Å². The lowest BCUT2D eigenvalue weighted by atomic mass is 10.3. The minimum atomic E-state index is -0.0893. The fraction of sp³-hybridized carbons (Fsp3) is 0.316. The Morgan fingerprint density at radius 3 is 2.68 bits per heavy atom. The van der Waals surface area contributed by atoms with Gasteiger partial charge in [0.05, 0.1) is 25.7 Å². The van der Waals surface area contributed by atoms with Gasteiger partial charge in [-0.3, -0.25) is 9.36 Å². The summed E-state index contributed by atoms with van der Waals surface area (Å²) in [5.74, 6) is 2.97. The maximum Gasteiger partial charge on any atom is 0.230 e. The molecule has 28 heavy (non-hydrogen) atoms. The number of amides is 1. The zero-order chi connectivity index (χ0) is 19.8. The van der Waals surface area contributed by atoms with Crippen molar-refractivity contribution in [1.82, 2.24) is 20.1 Å². The summed E-state index contributed by atoms with van der Waals surface area (Å²) in [6.45, 7) is 3.49. The molecule has 1 amide bonds. The number of nitrogens with one attached hydrogen (secondary N) is 1. The average molecular weight is 402 g/mol. The maximum absolute atomic E-state index is 12.1. The van der Waals surface area contributed by atoms with Gasteiger partial charge < -0.3 is 19.2 Å². The number of rotatable bonds is 10. The highest BCUT2D eigenvalue weighted by Crippen LogP contribution is 2.24. The molecule has 0 aliphatic heterocycles. The standard InChI is InChI=1S/C19H22N4O4S/c1-3-23-18(16-5-4-11-27-16)21-22-19(23)28-13-17(24)20-10-12-26-15-8-6-14(25-2)7-9-15/h4-9,11H,3,10,12-13H2,1-2H3,(H,20,24). The summed E-state index contributed by atoms with van der Waals surface area (Å²) in [5.41, 5.74) is 0. The molecule has 0 aliphatic rings. The van der Waals surface area contributed by atoms with Crippen molar-refractivity contribution in [2.45, 2.75) is 18.6 Å². The van der Waals surface area contributed by atoms with Gasteiger partial charge in [-0.15, -0.1) is 10.2 Å². The first-order valence-electron chi connectivity index (χ1n) is 8.84. The summed E-state index contributed by atoms with van der Waals surface area (Å²) < 4.78 is 18.0. The fourth-order valence-electron chi connectivity index (χ4n) is 2.48. The van der Waals surface area contributed by atoms with Gasteiger partial charge in [-0.05, 0) is 43.3 Å². The van der Waals surface area contributed by atoms with E-state index in [0.717, 1.165) is 11.5 Å². The molecular weight excluding hydrogens is 380 g/mol. The second-order valence-electron chi connectivity index (χ2n) is 5.69. The van der Waals surface area contributed by atoms with E-state index in [1.807, 2.05) is 41.8 Å². The number of hydrogen-bond acceptors (Lipinski definition) is 7. The van der Waals surface area contributed by atoms with E-state index in [0.29, 0.717) is 36.4 Å². The highest BCUT2D eigenvalue weighted by molar-refractivity contribution is 7.99. The molecule has 8 nitrogen and oxygen atoms in total. The van der Waals surface area contributed by atoms with Crippen LogP contribution in [0.1, 0.15) is 6.92 Å². The predicted octanol–water partition coefficient (Wildman–Crippen LogP) is 2.85. The third-order valence-corrected chi connectivity index (χ3v) is 4.83. The van der Waals surface area contributed by atoms with E-state index in [1.54, 1.807) is 19.4 Å². The number of furan rings is 1. The summed E-state index contributed by atoms with van der Waals surface area (Å²) in [5, 5.41) is 11.8. The largest absolute Gasteiger partial charge is 0.497 e. The van der Waals surface area contributed by atoms with E-state index in [-0.39, 0.29) is 11.7 Å². The molecule has 3 rings (SSSR count). The molecule has 0 saturated heterocycles. The monoisotopic (exact) mass is 402 g/mol. The lowest BCUT2D eigenvalue weighted by Crippen LogP contribution is -2.29. The molecule has 0 atom stereocenters. The van der Waals surface area contributed by atoms with Crippen LogP contribution >= 0.6 is 11.8 Å². The number of benzene rings is 1. The number of ether oxygens (including phenoxy) is 2. The van der Waals surface area contributed by atoms with Crippen LogP contribution in [0.5, 0.6) is 11.5 Å². The topological polar surface area (TPSA) is 91.4 Å². The summed E-state index contributed by atoms with van der Waals surface area (Å²) in [6.07, 6.45) is 1.60. The second-order valence-corrected chi connectivity index (χ2v) is 6.63. The van der Waals surface area contributed by atoms with Gasteiger partial charge >= 0.3 is 0 Å². The first-order chi connectivity index (χ1) is 13.7. The molecule has 3 aromatic rings. The molecule has 9 heteroatoms. The van der Waals surface area contributed by atoms with Gasteiger partial charge in [-0.2, -0.15) is 0 Å². The van der Waals surface area contributed by atoms with Crippen molar-refractivity contribution in [2.75, 3.05) is 26.0 Å². The first-order valence-corrected chi connectivity index (χ1v) is 9.83. The molecule has 1 N–H and O–H groups in total. The van der Waals surface area contributed by atoms with Crippen LogP contribution in [-0.2, 0) is 11.3 Å². The molecular formula is C19H22N4O4S. The zero-order valence-electron chi connectivity index (χ0n) is 15.8. The molecule has 0 saturated carbocycles. The normalized spacial score (nSPS) is 10.6. The Morgan fingerprint density at radius 1 is 1.21 bits per heavy atom. The van der Waals surface area contributed by atoms with Gasteiger partial charge in [-0.25, -0.2) is 0 Å². The van der Waals surface area contributed by atoms with E-state index in [2.05, 4.69) is 15.5 Å². The third kappa shape index (κ3) is 5.07. The molecule has 0 radical (unpaired) electrons. The maximum atomic E-state index is 12.1. The van der Waals surface area contributed by atoms with Crippen molar-refractivity contribution < 1.29 is 18.7 Å². The average Bonchev–Trinajstić information content (AvgIpc) is 3.39. The smallest absolute Gasteiger partial charge is 0.230 e. The van der Waals surface area contributed by atoms with Crippen LogP contribution in [0.3, 0.4) is 0 Å². The van der Waals surface area contributed by atoms with Gasteiger partial charge in [0, 0.05) is 6.54 Å². The Kier molecular flexibility index (Phi) is 6.96. The fourth-order valence-corrected chi connectivity index (χ4v) is 3.31. The minimum Gasteiger partial charge on any atom is -0.497 e. The van der Waals surface area contributed by atoms with Crippen molar-refractivity contribution in [2.24, 2.45) is 0 Å². The SMILES string of the molecule is CCn1c(SCC(=O)NCCOc2ccc(OC)cc2)nnc1-c1ccco1. The van der Waals surface area contributed by atoms with E-state index < -0.39 is 0 Å². The van der Waals surface area contributed by atoms with Crippen LogP contribution in [0.25, 0.3) is 11.6 Å². The summed E-state index contributed by atoms with van der Waals surface area (Å²) in [7, 11) is 1.62. The molecule has 0 spiro atoms. The number of aromatic nitrogens is 3. The predicted molar refractivity (Wildman–Crippen MR) is 106 cm³/mol. The van der Waals surface area contributed by atoms with E-state index >= 15 is 0 Å². The highest BCUT2D eigenvalue weighted by atomic mass is 32.2. The van der Waals surface area contributed by atoms with Crippen molar-refractivity contribution in [3.05, 3.63) is 42.7 Å². The van der Waals surface area contributed by atoms with Gasteiger partial charge in [0.15, 0.2) is 16.7 Å². The number of carbonyl (C=O) groups excluding carboxylic acids is 1. The molecule has 148 valence electrons. The number of nitrogens with zero attached hydrogens (tertiary/aromatic N) is 3. The summed E-state index contributed by atoms with van der Waals surface area (Å²) >= 11 is 1.34. The van der Waals surface area contributed by atoms with Crippen LogP contribution in [0.15, 0.2) is 52.2 Å². The molecule has 2 aromatic heterocycles. The number of thioether (sulfide) groups is 1. The number of methoxy groups -OCH3 is 1. The zero-order valence-corrected chi connectivity index (χ0v) is 16.6. The molecule has 2 heterocycles. The summed E-state index contributed by atoms with van der Waals surface area (Å²) in [4.78, 5) is 12.1. The first kappa shape index (κ1) is 19.8. The Morgan fingerprint density at radius 2 is 2.00 bits per heavy atom. The quantitative estimate of drug-likeness (QED) is 0.412. The Balaban J connectivity index is 1.42. The van der Waals surface area contributed by atoms with Crippen LogP contribution in [0.4, 0.5) is 0 Å². The van der Waals surface area contributed by atoms with Gasteiger partial charge in [0.25, 0.3) is 0 Å². The van der Waals surface area contributed by atoms with Crippen LogP contribution in [0.2, 0.25) is 0 Å². The summed E-state index contributed by atoms with van der Waals surface area (Å²) in [6, 6.07) is 10.9. The van der Waals surface area contributed by atoms with Crippen LogP contribution in [0, 0.1) is 0 Å². The lowest BCUT2D eigenvalue weighted by Gasteiger charge is -2.09. The Labute approximate surface area is 167 Å². The van der Waals surface area contributed by atoms with Crippen molar-refractivity contribution in [3.8, 4) is 23.1 Å². The molecule has 1 aromatic carbocycles. The lowest BCUT2D eigenvalue weighted by molar-refractivity contribution is -0.118. The molecule has 0 bridgehead atoms. The van der Waals surface area contributed by atoms with Gasteiger partial charge in [0.1, 0.15) is 18.1 Å². The molecule has 0 fully saturated rings. The minimum absolute atomic E-state index is 0.0893. The Bertz CT molecular complexity index is 878. The highest BCUT2D eigenvalue weighted by Gasteiger charge is 2.16. The van der Waals surface area contributed by atoms with Crippen molar-refractivity contribution in [3.63, 3.8) is 0 Å². The van der Waals surface area contributed by atoms with Crippen molar-refractivity contribution >= 4 is 17.7 Å². The second kappa shape index (κ2) is 9.84. The van der Waals surface area contributed by atoms with E-state index in [4.69, 9.17) is 13.9 Å². The van der Waals surface area contributed by atoms with Crippen molar-refractivity contribution in [1.29, 1.82) is 0 Å². The molecule has 0 aliphatic carbocycles. The Hall–Kier alpha value is -2.94.